The Bertz CT molecular complexity index is 1280. The summed E-state index contributed by atoms with van der Waals surface area (Å²) in [5.74, 6) is -0.431. The van der Waals surface area contributed by atoms with Crippen molar-refractivity contribution in [2.45, 2.75) is 6.54 Å². The lowest BCUT2D eigenvalue weighted by Gasteiger charge is -2.11. The van der Waals surface area contributed by atoms with E-state index in [1.165, 1.54) is 22.3 Å². The summed E-state index contributed by atoms with van der Waals surface area (Å²) >= 11 is 1.72. The number of carbonyl (C=O) groups is 1. The average molecular weight is 385 g/mol. The fraction of sp³-hybridized carbons (Fsp3) is 0.0455. The van der Waals surface area contributed by atoms with Crippen LogP contribution in [-0.2, 0) is 6.54 Å². The third kappa shape index (κ3) is 2.84. The molecule has 1 aliphatic rings. The molecule has 0 atom stereocenters. The second-order valence-corrected chi connectivity index (χ2v) is 7.66. The Hall–Kier alpha value is -3.51. The van der Waals surface area contributed by atoms with E-state index in [-0.39, 0.29) is 5.56 Å². The average Bonchev–Trinajstić information content (AvgIpc) is 3.34. The number of aliphatic imine (C=N–C) groups is 1. The lowest BCUT2D eigenvalue weighted by Crippen LogP contribution is -2.22. The van der Waals surface area contributed by atoms with Crippen molar-refractivity contribution in [1.82, 2.24) is 4.98 Å². The van der Waals surface area contributed by atoms with E-state index in [4.69, 9.17) is 0 Å². The molecule has 0 unspecified atom stereocenters. The van der Waals surface area contributed by atoms with Gasteiger partial charge in [0.2, 0.25) is 0 Å². The van der Waals surface area contributed by atoms with Gasteiger partial charge in [-0.05, 0) is 52.9 Å². The van der Waals surface area contributed by atoms with Gasteiger partial charge in [0.15, 0.2) is 0 Å². The molecular formula is C22H15N3O2S. The molecule has 5 nitrogen and oxygen atoms in total. The van der Waals surface area contributed by atoms with Crippen molar-refractivity contribution < 1.29 is 4.79 Å². The molecule has 136 valence electrons. The first-order valence-corrected chi connectivity index (χ1v) is 9.65. The van der Waals surface area contributed by atoms with Gasteiger partial charge >= 0.3 is 0 Å². The summed E-state index contributed by atoms with van der Waals surface area (Å²) in [4.78, 5) is 32.5. The Kier molecular flexibility index (Phi) is 3.91. The Morgan fingerprint density at radius 3 is 2.86 bits per heavy atom. The zero-order valence-electron chi connectivity index (χ0n) is 14.7. The molecule has 2 aromatic carbocycles. The number of nitrogens with zero attached hydrogens (tertiary/aromatic N) is 1. The number of hydrogen-bond donors (Lipinski definition) is 2. The third-order valence-electron chi connectivity index (χ3n) is 4.78. The van der Waals surface area contributed by atoms with Crippen LogP contribution in [0, 0.1) is 0 Å². The number of hydrogen-bond acceptors (Lipinski definition) is 4. The van der Waals surface area contributed by atoms with Crippen LogP contribution in [0.4, 0.5) is 5.69 Å². The highest BCUT2D eigenvalue weighted by atomic mass is 32.1. The maximum atomic E-state index is 12.6. The molecule has 6 heteroatoms. The molecule has 0 aliphatic carbocycles. The predicted molar refractivity (Wildman–Crippen MR) is 114 cm³/mol. The summed E-state index contributed by atoms with van der Waals surface area (Å²) in [7, 11) is 0. The number of anilines is 1. The van der Waals surface area contributed by atoms with Crippen LogP contribution < -0.4 is 10.9 Å². The number of H-pyrrole nitrogens is 1. The normalized spacial score (nSPS) is 12.3. The molecule has 1 amide bonds. The van der Waals surface area contributed by atoms with Gasteiger partial charge in [0.05, 0.1) is 6.54 Å². The fourth-order valence-electron chi connectivity index (χ4n) is 3.43. The summed E-state index contributed by atoms with van der Waals surface area (Å²) in [5, 5.41) is 4.05. The van der Waals surface area contributed by atoms with Crippen molar-refractivity contribution >= 4 is 39.2 Å². The van der Waals surface area contributed by atoms with Gasteiger partial charge in [-0.15, -0.1) is 11.3 Å². The highest BCUT2D eigenvalue weighted by molar-refractivity contribution is 7.22. The molecule has 0 saturated heterocycles. The molecular weight excluding hydrogens is 370 g/mol. The smallest absolute Gasteiger partial charge is 0.261 e. The fourth-order valence-corrected chi connectivity index (χ4v) is 4.53. The van der Waals surface area contributed by atoms with Crippen LogP contribution in [0.25, 0.3) is 20.5 Å². The van der Waals surface area contributed by atoms with Crippen LogP contribution in [0.15, 0.2) is 70.6 Å². The van der Waals surface area contributed by atoms with E-state index in [9.17, 15) is 9.59 Å². The summed E-state index contributed by atoms with van der Waals surface area (Å²) in [6.45, 7) is 0.630. The Balaban J connectivity index is 1.58. The lowest BCUT2D eigenvalue weighted by atomic mass is 10.00. The van der Waals surface area contributed by atoms with Crippen molar-refractivity contribution in [2.75, 3.05) is 5.32 Å². The first-order chi connectivity index (χ1) is 13.7. The van der Waals surface area contributed by atoms with Crippen molar-refractivity contribution in [3.05, 3.63) is 87.8 Å². The first-order valence-electron chi connectivity index (χ1n) is 8.84. The molecule has 0 bridgehead atoms. The van der Waals surface area contributed by atoms with Gasteiger partial charge in [-0.25, -0.2) is 0 Å². The van der Waals surface area contributed by atoms with Gasteiger partial charge in [-0.1, -0.05) is 18.2 Å². The SMILES string of the molecule is O=C(Nc1cc2c(c(-c3cc4ccccc4s3)c1)CN=C2)c1ccc[nH]c1=O. The van der Waals surface area contributed by atoms with E-state index in [1.54, 1.807) is 17.4 Å². The van der Waals surface area contributed by atoms with Crippen molar-refractivity contribution in [3.8, 4) is 10.4 Å². The summed E-state index contributed by atoms with van der Waals surface area (Å²) in [5.41, 5.74) is 3.53. The van der Waals surface area contributed by atoms with E-state index >= 15 is 0 Å². The largest absolute Gasteiger partial charge is 0.328 e. The van der Waals surface area contributed by atoms with Crippen molar-refractivity contribution in [1.29, 1.82) is 0 Å². The number of amides is 1. The Morgan fingerprint density at radius 2 is 2.00 bits per heavy atom. The van der Waals surface area contributed by atoms with Crippen LogP contribution in [0.2, 0.25) is 0 Å². The zero-order valence-corrected chi connectivity index (χ0v) is 15.5. The number of carbonyl (C=O) groups excluding carboxylic acids is 1. The number of pyridine rings is 1. The van der Waals surface area contributed by atoms with E-state index in [1.807, 2.05) is 30.5 Å². The molecule has 3 heterocycles. The molecule has 2 N–H and O–H groups in total. The minimum absolute atomic E-state index is 0.0834. The monoisotopic (exact) mass is 385 g/mol. The molecule has 0 radical (unpaired) electrons. The second kappa shape index (κ2) is 6.58. The van der Waals surface area contributed by atoms with E-state index in [2.05, 4.69) is 33.5 Å². The quantitative estimate of drug-likeness (QED) is 0.547. The van der Waals surface area contributed by atoms with Gasteiger partial charge in [0.25, 0.3) is 11.5 Å². The Morgan fingerprint density at radius 1 is 1.11 bits per heavy atom. The standard InChI is InChI=1S/C22H15N3O2S/c26-21-16(5-3-7-24-21)22(27)25-15-8-14-11-23-12-18(14)17(10-15)20-9-13-4-1-2-6-19(13)28-20/h1-11H,12H2,(H,24,26)(H,25,27). The first kappa shape index (κ1) is 16.6. The number of rotatable bonds is 3. The molecule has 0 fully saturated rings. The van der Waals surface area contributed by atoms with Crippen molar-refractivity contribution in [2.24, 2.45) is 4.99 Å². The maximum Gasteiger partial charge on any atom is 0.261 e. The molecule has 1 aliphatic heterocycles. The summed E-state index contributed by atoms with van der Waals surface area (Å²) in [6, 6.07) is 17.4. The molecule has 28 heavy (non-hydrogen) atoms. The Labute approximate surface area is 164 Å². The van der Waals surface area contributed by atoms with Gasteiger partial charge in [-0.3, -0.25) is 14.6 Å². The van der Waals surface area contributed by atoms with Gasteiger partial charge < -0.3 is 10.3 Å². The topological polar surface area (TPSA) is 74.3 Å². The number of benzene rings is 2. The van der Waals surface area contributed by atoms with Gasteiger partial charge in [0.1, 0.15) is 5.56 Å². The van der Waals surface area contributed by atoms with E-state index in [0.29, 0.717) is 12.2 Å². The summed E-state index contributed by atoms with van der Waals surface area (Å²) < 4.78 is 1.22. The molecule has 0 spiro atoms. The highest BCUT2D eigenvalue weighted by Crippen LogP contribution is 2.39. The van der Waals surface area contributed by atoms with Crippen LogP contribution in [0.5, 0.6) is 0 Å². The van der Waals surface area contributed by atoms with E-state index in [0.717, 1.165) is 21.6 Å². The molecule has 5 rings (SSSR count). The minimum Gasteiger partial charge on any atom is -0.328 e. The van der Waals surface area contributed by atoms with Crippen LogP contribution in [0.1, 0.15) is 21.5 Å². The minimum atomic E-state index is -0.431. The number of aromatic amines is 1. The molecule has 2 aromatic heterocycles. The third-order valence-corrected chi connectivity index (χ3v) is 5.93. The number of nitrogens with one attached hydrogen (secondary N) is 2. The maximum absolute atomic E-state index is 12.6. The molecule has 0 saturated carbocycles. The second-order valence-electron chi connectivity index (χ2n) is 6.58. The number of fused-ring (bicyclic) bond motifs is 2. The molecule has 4 aromatic rings. The van der Waals surface area contributed by atoms with Crippen LogP contribution in [0.3, 0.4) is 0 Å². The number of aromatic nitrogens is 1. The highest BCUT2D eigenvalue weighted by Gasteiger charge is 2.18. The predicted octanol–water partition coefficient (Wildman–Crippen LogP) is 4.44. The van der Waals surface area contributed by atoms with Gasteiger partial charge in [0, 0.05) is 33.2 Å². The van der Waals surface area contributed by atoms with Gasteiger partial charge in [-0.2, -0.15) is 0 Å². The zero-order chi connectivity index (χ0) is 19.1. The lowest BCUT2D eigenvalue weighted by molar-refractivity contribution is 0.102. The van der Waals surface area contributed by atoms with Crippen molar-refractivity contribution in [3.63, 3.8) is 0 Å². The summed E-state index contributed by atoms with van der Waals surface area (Å²) in [6.07, 6.45) is 3.33. The number of thiophene rings is 1. The van der Waals surface area contributed by atoms with E-state index < -0.39 is 11.5 Å². The van der Waals surface area contributed by atoms with Crippen LogP contribution >= 0.6 is 11.3 Å². The van der Waals surface area contributed by atoms with Crippen LogP contribution in [-0.4, -0.2) is 17.1 Å².